The third-order valence-corrected chi connectivity index (χ3v) is 6.75. The number of aliphatic imine (C=N–C) groups is 1. The van der Waals surface area contributed by atoms with Crippen LogP contribution in [0.1, 0.15) is 44.2 Å². The van der Waals surface area contributed by atoms with Gasteiger partial charge in [0, 0.05) is 18.3 Å². The van der Waals surface area contributed by atoms with E-state index in [1.54, 1.807) is 7.11 Å². The second kappa shape index (κ2) is 12.8. The van der Waals surface area contributed by atoms with Crippen molar-refractivity contribution in [2.45, 2.75) is 43.9 Å². The standard InChI is InChI=1S/C21H34N4OS.HI/c1-3-22-21(23-15-19-10-7-13-27-19)24-16-20(25-11-4-5-12-25)17-8-6-9-18(14-17)26-2;/h6,8-9,14,19-20H,3-5,7,10-13,15-16H2,1-2H3,(H2,22,23,24);1H. The van der Waals surface area contributed by atoms with Crippen LogP contribution < -0.4 is 15.4 Å². The van der Waals surface area contributed by atoms with Gasteiger partial charge >= 0.3 is 0 Å². The summed E-state index contributed by atoms with van der Waals surface area (Å²) < 4.78 is 5.45. The highest BCUT2D eigenvalue weighted by Crippen LogP contribution is 2.28. The fraction of sp³-hybridized carbons (Fsp3) is 0.667. The lowest BCUT2D eigenvalue weighted by Gasteiger charge is -2.27. The van der Waals surface area contributed by atoms with E-state index in [2.05, 4.69) is 52.4 Å². The van der Waals surface area contributed by atoms with E-state index in [9.17, 15) is 0 Å². The van der Waals surface area contributed by atoms with Gasteiger partial charge in [-0.2, -0.15) is 11.8 Å². The number of ether oxygens (including phenoxy) is 1. The molecule has 0 saturated carbocycles. The monoisotopic (exact) mass is 518 g/mol. The van der Waals surface area contributed by atoms with Gasteiger partial charge in [0.15, 0.2) is 5.96 Å². The number of halogens is 1. The molecule has 2 atom stereocenters. The Morgan fingerprint density at radius 1 is 1.29 bits per heavy atom. The number of likely N-dealkylation sites (tertiary alicyclic amines) is 1. The Hall–Kier alpha value is -0.670. The fourth-order valence-electron chi connectivity index (χ4n) is 3.87. The summed E-state index contributed by atoms with van der Waals surface area (Å²) in [5.41, 5.74) is 1.29. The van der Waals surface area contributed by atoms with Gasteiger partial charge in [-0.15, -0.1) is 24.0 Å². The van der Waals surface area contributed by atoms with Crippen molar-refractivity contribution in [1.29, 1.82) is 0 Å². The largest absolute Gasteiger partial charge is 0.497 e. The molecule has 7 heteroatoms. The van der Waals surface area contributed by atoms with Crippen LogP contribution in [0.15, 0.2) is 29.3 Å². The SMILES string of the molecule is CCNC(=NCC(c1cccc(OC)c1)N1CCCC1)NCC1CCCS1.I. The zero-order valence-corrected chi connectivity index (χ0v) is 20.3. The van der Waals surface area contributed by atoms with Crippen LogP contribution in [0.2, 0.25) is 0 Å². The Balaban J connectivity index is 0.00000280. The minimum atomic E-state index is 0. The average Bonchev–Trinajstić information content (AvgIpc) is 3.40. The second-order valence-electron chi connectivity index (χ2n) is 7.27. The molecule has 2 N–H and O–H groups in total. The molecule has 5 nitrogen and oxygen atoms in total. The van der Waals surface area contributed by atoms with Crippen molar-refractivity contribution in [2.24, 2.45) is 4.99 Å². The molecular weight excluding hydrogens is 483 g/mol. The molecule has 0 bridgehead atoms. The van der Waals surface area contributed by atoms with Crippen LogP contribution in [-0.4, -0.2) is 61.7 Å². The Bertz CT molecular complexity index is 604. The van der Waals surface area contributed by atoms with Crippen LogP contribution in [0.5, 0.6) is 5.75 Å². The summed E-state index contributed by atoms with van der Waals surface area (Å²) in [5.74, 6) is 3.16. The maximum absolute atomic E-state index is 5.45. The lowest BCUT2D eigenvalue weighted by atomic mass is 10.1. The molecular formula is C21H35IN4OS. The van der Waals surface area contributed by atoms with E-state index in [1.165, 1.54) is 37.0 Å². The van der Waals surface area contributed by atoms with Gasteiger partial charge < -0.3 is 15.4 Å². The van der Waals surface area contributed by atoms with Crippen LogP contribution in [0.4, 0.5) is 0 Å². The van der Waals surface area contributed by atoms with Crippen LogP contribution in [0.3, 0.4) is 0 Å². The van der Waals surface area contributed by atoms with Crippen molar-refractivity contribution in [3.05, 3.63) is 29.8 Å². The smallest absolute Gasteiger partial charge is 0.191 e. The van der Waals surface area contributed by atoms with Gasteiger partial charge in [-0.1, -0.05) is 12.1 Å². The molecule has 1 aromatic carbocycles. The van der Waals surface area contributed by atoms with Gasteiger partial charge in [-0.3, -0.25) is 9.89 Å². The van der Waals surface area contributed by atoms with Crippen LogP contribution in [-0.2, 0) is 0 Å². The number of benzene rings is 1. The quantitative estimate of drug-likeness (QED) is 0.311. The fourth-order valence-corrected chi connectivity index (χ4v) is 5.07. The Morgan fingerprint density at radius 3 is 2.79 bits per heavy atom. The first kappa shape index (κ1) is 23.6. The number of thioether (sulfide) groups is 1. The topological polar surface area (TPSA) is 48.9 Å². The van der Waals surface area contributed by atoms with Crippen LogP contribution in [0.25, 0.3) is 0 Å². The first-order valence-corrected chi connectivity index (χ1v) is 11.4. The molecule has 28 heavy (non-hydrogen) atoms. The minimum Gasteiger partial charge on any atom is -0.497 e. The van der Waals surface area contributed by atoms with Gasteiger partial charge in [0.05, 0.1) is 19.7 Å². The van der Waals surface area contributed by atoms with Crippen molar-refractivity contribution in [3.8, 4) is 5.75 Å². The molecule has 2 heterocycles. The first-order chi connectivity index (χ1) is 13.3. The summed E-state index contributed by atoms with van der Waals surface area (Å²) in [7, 11) is 1.73. The van der Waals surface area contributed by atoms with Gasteiger partial charge in [0.2, 0.25) is 0 Å². The summed E-state index contributed by atoms with van der Waals surface area (Å²) in [6, 6.07) is 8.77. The molecule has 0 aliphatic carbocycles. The van der Waals surface area contributed by atoms with Gasteiger partial charge in [-0.05, 0) is 69.1 Å². The number of nitrogens with one attached hydrogen (secondary N) is 2. The van der Waals surface area contributed by atoms with Gasteiger partial charge in [0.25, 0.3) is 0 Å². The summed E-state index contributed by atoms with van der Waals surface area (Å²) in [6.45, 7) is 7.09. The number of rotatable bonds is 8. The molecule has 0 spiro atoms. The van der Waals surface area contributed by atoms with E-state index < -0.39 is 0 Å². The van der Waals surface area contributed by atoms with Crippen molar-refractivity contribution in [2.75, 3.05) is 45.6 Å². The normalized spacial score (nSPS) is 21.2. The summed E-state index contributed by atoms with van der Waals surface area (Å²) >= 11 is 2.08. The van der Waals surface area contributed by atoms with E-state index in [1.807, 2.05) is 6.07 Å². The lowest BCUT2D eigenvalue weighted by Crippen LogP contribution is -2.41. The molecule has 2 saturated heterocycles. The van der Waals surface area contributed by atoms with E-state index >= 15 is 0 Å². The second-order valence-corrected chi connectivity index (χ2v) is 8.68. The van der Waals surface area contributed by atoms with E-state index in [0.29, 0.717) is 6.04 Å². The maximum atomic E-state index is 5.45. The average molecular weight is 519 g/mol. The number of methoxy groups -OCH3 is 1. The number of guanidine groups is 1. The third kappa shape index (κ3) is 6.99. The number of hydrogen-bond donors (Lipinski definition) is 2. The van der Waals surface area contributed by atoms with Crippen LogP contribution >= 0.6 is 35.7 Å². The van der Waals surface area contributed by atoms with Gasteiger partial charge in [0.1, 0.15) is 5.75 Å². The lowest BCUT2D eigenvalue weighted by molar-refractivity contribution is 0.251. The third-order valence-electron chi connectivity index (χ3n) is 5.35. The molecule has 158 valence electrons. The molecule has 1 aromatic rings. The summed E-state index contributed by atoms with van der Waals surface area (Å²) in [4.78, 5) is 7.52. The minimum absolute atomic E-state index is 0. The summed E-state index contributed by atoms with van der Waals surface area (Å²) in [6.07, 6.45) is 5.22. The Morgan fingerprint density at radius 2 is 2.11 bits per heavy atom. The van der Waals surface area contributed by atoms with Gasteiger partial charge in [-0.25, -0.2) is 0 Å². The molecule has 0 aromatic heterocycles. The van der Waals surface area contributed by atoms with Crippen molar-refractivity contribution < 1.29 is 4.74 Å². The van der Waals surface area contributed by atoms with Crippen molar-refractivity contribution in [1.82, 2.24) is 15.5 Å². The highest BCUT2D eigenvalue weighted by atomic mass is 127. The molecule has 2 aliphatic rings. The van der Waals surface area contributed by atoms with E-state index in [-0.39, 0.29) is 24.0 Å². The highest BCUT2D eigenvalue weighted by molar-refractivity contribution is 14.0. The predicted molar refractivity (Wildman–Crippen MR) is 131 cm³/mol. The summed E-state index contributed by atoms with van der Waals surface area (Å²) in [5, 5.41) is 7.69. The molecule has 2 fully saturated rings. The molecule has 2 unspecified atom stereocenters. The number of hydrogen-bond acceptors (Lipinski definition) is 4. The zero-order valence-electron chi connectivity index (χ0n) is 17.2. The Labute approximate surface area is 191 Å². The molecule has 0 amide bonds. The maximum Gasteiger partial charge on any atom is 0.191 e. The van der Waals surface area contributed by atoms with Crippen LogP contribution in [0, 0.1) is 0 Å². The molecule has 3 rings (SSSR count). The van der Waals surface area contributed by atoms with E-state index in [4.69, 9.17) is 9.73 Å². The Kier molecular flexibility index (Phi) is 10.8. The van der Waals surface area contributed by atoms with E-state index in [0.717, 1.165) is 49.7 Å². The predicted octanol–water partition coefficient (Wildman–Crippen LogP) is 3.90. The first-order valence-electron chi connectivity index (χ1n) is 10.3. The van der Waals surface area contributed by atoms with Crippen molar-refractivity contribution in [3.63, 3.8) is 0 Å². The molecule has 2 aliphatic heterocycles. The highest BCUT2D eigenvalue weighted by Gasteiger charge is 2.24. The molecule has 0 radical (unpaired) electrons. The zero-order chi connectivity index (χ0) is 18.9. The number of nitrogens with zero attached hydrogens (tertiary/aromatic N) is 2. The van der Waals surface area contributed by atoms with Crippen molar-refractivity contribution >= 4 is 41.7 Å².